The summed E-state index contributed by atoms with van der Waals surface area (Å²) in [6.07, 6.45) is 0.434. The molecule has 29 heavy (non-hydrogen) atoms. The van der Waals surface area contributed by atoms with Crippen LogP contribution >= 0.6 is 0 Å². The molecule has 0 aromatic heterocycles. The molecule has 3 rings (SSSR count). The zero-order valence-corrected chi connectivity index (χ0v) is 17.5. The number of nitrogens with zero attached hydrogens (tertiary/aromatic N) is 3. The molecule has 2 saturated heterocycles. The van der Waals surface area contributed by atoms with Crippen LogP contribution in [0.2, 0.25) is 0 Å². The van der Waals surface area contributed by atoms with Crippen molar-refractivity contribution in [3.8, 4) is 11.5 Å². The van der Waals surface area contributed by atoms with Crippen LogP contribution in [0.4, 0.5) is 0 Å². The van der Waals surface area contributed by atoms with Crippen molar-refractivity contribution in [3.63, 3.8) is 0 Å². The monoisotopic (exact) mass is 403 g/mol. The molecule has 8 nitrogen and oxygen atoms in total. The van der Waals surface area contributed by atoms with Crippen LogP contribution in [-0.4, -0.2) is 85.4 Å². The van der Waals surface area contributed by atoms with Crippen LogP contribution in [0, 0.1) is 5.92 Å². The predicted octanol–water partition coefficient (Wildman–Crippen LogP) is 1.25. The van der Waals surface area contributed by atoms with E-state index < -0.39 is 6.04 Å². The van der Waals surface area contributed by atoms with E-state index in [0.717, 1.165) is 0 Å². The Labute approximate surface area is 171 Å². The van der Waals surface area contributed by atoms with Crippen molar-refractivity contribution in [2.45, 2.75) is 26.3 Å². The maximum absolute atomic E-state index is 13.1. The Morgan fingerprint density at radius 1 is 1.14 bits per heavy atom. The molecule has 158 valence electrons. The van der Waals surface area contributed by atoms with Gasteiger partial charge >= 0.3 is 0 Å². The number of methoxy groups -OCH3 is 2. The fourth-order valence-corrected chi connectivity index (χ4v) is 3.97. The zero-order valence-electron chi connectivity index (χ0n) is 17.5. The SMILES string of the molecule is COc1ccc(C(=O)N2CCC3C(=O)N(CC(C)C)CC(=O)N3CC2)c(OC)c1. The third kappa shape index (κ3) is 4.31. The van der Waals surface area contributed by atoms with Gasteiger partial charge in [-0.25, -0.2) is 0 Å². The fourth-order valence-electron chi connectivity index (χ4n) is 3.97. The van der Waals surface area contributed by atoms with Crippen LogP contribution in [0.1, 0.15) is 30.6 Å². The van der Waals surface area contributed by atoms with E-state index in [1.165, 1.54) is 7.11 Å². The average molecular weight is 403 g/mol. The summed E-state index contributed by atoms with van der Waals surface area (Å²) in [5, 5.41) is 0. The molecule has 0 bridgehead atoms. The minimum absolute atomic E-state index is 0.0189. The first-order valence-electron chi connectivity index (χ1n) is 9.95. The highest BCUT2D eigenvalue weighted by molar-refractivity contribution is 5.98. The number of rotatable bonds is 5. The van der Waals surface area contributed by atoms with Crippen molar-refractivity contribution in [2.75, 3.05) is 46.9 Å². The van der Waals surface area contributed by atoms with Crippen LogP contribution in [0.5, 0.6) is 11.5 Å². The molecule has 0 aliphatic carbocycles. The Morgan fingerprint density at radius 3 is 2.55 bits per heavy atom. The molecule has 0 spiro atoms. The lowest BCUT2D eigenvalue weighted by Crippen LogP contribution is -2.60. The summed E-state index contributed by atoms with van der Waals surface area (Å²) in [6.45, 7) is 5.89. The molecule has 3 amide bonds. The molecular formula is C21H29N3O5. The van der Waals surface area contributed by atoms with Gasteiger partial charge in [0.25, 0.3) is 5.91 Å². The van der Waals surface area contributed by atoms with E-state index in [2.05, 4.69) is 0 Å². The van der Waals surface area contributed by atoms with E-state index in [1.807, 2.05) is 13.8 Å². The average Bonchev–Trinajstić information content (AvgIpc) is 2.94. The Balaban J connectivity index is 1.77. The number of piperazine rings is 1. The lowest BCUT2D eigenvalue weighted by atomic mass is 10.1. The van der Waals surface area contributed by atoms with Crippen molar-refractivity contribution in [1.29, 1.82) is 0 Å². The van der Waals surface area contributed by atoms with Crippen LogP contribution in [-0.2, 0) is 9.59 Å². The highest BCUT2D eigenvalue weighted by Crippen LogP contribution is 2.27. The Kier molecular flexibility index (Phi) is 6.30. The molecule has 1 aromatic rings. The normalized spacial score (nSPS) is 19.9. The lowest BCUT2D eigenvalue weighted by molar-refractivity contribution is -0.156. The van der Waals surface area contributed by atoms with Gasteiger partial charge in [0.15, 0.2) is 0 Å². The van der Waals surface area contributed by atoms with E-state index in [0.29, 0.717) is 55.6 Å². The quantitative estimate of drug-likeness (QED) is 0.739. The van der Waals surface area contributed by atoms with Crippen LogP contribution in [0.15, 0.2) is 18.2 Å². The van der Waals surface area contributed by atoms with Crippen LogP contribution in [0.25, 0.3) is 0 Å². The van der Waals surface area contributed by atoms with Gasteiger partial charge in [-0.15, -0.1) is 0 Å². The maximum atomic E-state index is 13.1. The number of hydrogen-bond donors (Lipinski definition) is 0. The molecule has 1 unspecified atom stereocenters. The summed E-state index contributed by atoms with van der Waals surface area (Å²) in [5.74, 6) is 1.09. The third-order valence-electron chi connectivity index (χ3n) is 5.41. The number of benzene rings is 1. The molecular weight excluding hydrogens is 374 g/mol. The topological polar surface area (TPSA) is 79.4 Å². The summed E-state index contributed by atoms with van der Waals surface area (Å²) >= 11 is 0. The van der Waals surface area contributed by atoms with Gasteiger partial charge in [0.05, 0.1) is 26.3 Å². The van der Waals surface area contributed by atoms with Crippen molar-refractivity contribution in [1.82, 2.24) is 14.7 Å². The van der Waals surface area contributed by atoms with Crippen molar-refractivity contribution >= 4 is 17.7 Å². The van der Waals surface area contributed by atoms with Crippen LogP contribution < -0.4 is 9.47 Å². The highest BCUT2D eigenvalue weighted by Gasteiger charge is 2.41. The number of carbonyl (C=O) groups is 3. The highest BCUT2D eigenvalue weighted by atomic mass is 16.5. The van der Waals surface area contributed by atoms with Gasteiger partial charge in [-0.1, -0.05) is 13.8 Å². The van der Waals surface area contributed by atoms with E-state index in [9.17, 15) is 14.4 Å². The number of ether oxygens (including phenoxy) is 2. The number of hydrogen-bond acceptors (Lipinski definition) is 5. The van der Waals surface area contributed by atoms with E-state index in [4.69, 9.17) is 9.47 Å². The summed E-state index contributed by atoms with van der Waals surface area (Å²) < 4.78 is 10.5. The largest absolute Gasteiger partial charge is 0.497 e. The molecule has 2 aliphatic heterocycles. The van der Waals surface area contributed by atoms with E-state index in [1.54, 1.807) is 40.0 Å². The van der Waals surface area contributed by atoms with Gasteiger partial charge in [0.2, 0.25) is 11.8 Å². The third-order valence-corrected chi connectivity index (χ3v) is 5.41. The fraction of sp³-hybridized carbons (Fsp3) is 0.571. The molecule has 2 aliphatic rings. The smallest absolute Gasteiger partial charge is 0.257 e. The van der Waals surface area contributed by atoms with Gasteiger partial charge in [-0.05, 0) is 24.5 Å². The first-order chi connectivity index (χ1) is 13.8. The molecule has 0 saturated carbocycles. The summed E-state index contributed by atoms with van der Waals surface area (Å²) in [5.41, 5.74) is 0.437. The number of carbonyl (C=O) groups excluding carboxylic acids is 3. The zero-order chi connectivity index (χ0) is 21.1. The molecule has 1 atom stereocenters. The molecule has 0 N–H and O–H groups in total. The summed E-state index contributed by atoms with van der Waals surface area (Å²) in [6, 6.07) is 4.57. The van der Waals surface area contributed by atoms with Gasteiger partial charge < -0.3 is 24.2 Å². The van der Waals surface area contributed by atoms with Gasteiger partial charge in [0, 0.05) is 32.2 Å². The minimum atomic E-state index is -0.495. The first kappa shape index (κ1) is 21.0. The number of fused-ring (bicyclic) bond motifs is 1. The number of amides is 3. The second-order valence-electron chi connectivity index (χ2n) is 7.86. The van der Waals surface area contributed by atoms with Gasteiger partial charge in [-0.2, -0.15) is 0 Å². The maximum Gasteiger partial charge on any atom is 0.257 e. The Hall–Kier alpha value is -2.77. The Morgan fingerprint density at radius 2 is 1.90 bits per heavy atom. The summed E-state index contributed by atoms with van der Waals surface area (Å²) in [4.78, 5) is 43.6. The van der Waals surface area contributed by atoms with Crippen molar-refractivity contribution < 1.29 is 23.9 Å². The summed E-state index contributed by atoms with van der Waals surface area (Å²) in [7, 11) is 3.06. The molecule has 1 aromatic carbocycles. The predicted molar refractivity (Wildman–Crippen MR) is 107 cm³/mol. The second-order valence-corrected chi connectivity index (χ2v) is 7.86. The van der Waals surface area contributed by atoms with Crippen molar-refractivity contribution in [3.05, 3.63) is 23.8 Å². The van der Waals surface area contributed by atoms with Gasteiger partial charge in [-0.3, -0.25) is 14.4 Å². The molecule has 8 heteroatoms. The van der Waals surface area contributed by atoms with Gasteiger partial charge in [0.1, 0.15) is 17.5 Å². The lowest BCUT2D eigenvalue weighted by Gasteiger charge is -2.39. The van der Waals surface area contributed by atoms with E-state index >= 15 is 0 Å². The molecule has 2 heterocycles. The van der Waals surface area contributed by atoms with E-state index in [-0.39, 0.29) is 24.3 Å². The molecule has 0 radical (unpaired) electrons. The van der Waals surface area contributed by atoms with Crippen molar-refractivity contribution in [2.24, 2.45) is 5.92 Å². The molecule has 2 fully saturated rings. The minimum Gasteiger partial charge on any atom is -0.497 e. The standard InChI is InChI=1S/C21H29N3O5/c1-14(2)12-23-13-19(25)24-10-9-22(8-7-17(24)21(23)27)20(26)16-6-5-15(28-3)11-18(16)29-4/h5-6,11,14,17H,7-10,12-13H2,1-4H3. The second kappa shape index (κ2) is 8.71. The Bertz CT molecular complexity index is 795. The van der Waals surface area contributed by atoms with Crippen LogP contribution in [0.3, 0.4) is 0 Å². The first-order valence-corrected chi connectivity index (χ1v) is 9.95.